The number of rotatable bonds is 0. The van der Waals surface area contributed by atoms with Crippen LogP contribution in [-0.2, 0) is 0 Å². The van der Waals surface area contributed by atoms with Crippen LogP contribution >= 0.6 is 0 Å². The van der Waals surface area contributed by atoms with Crippen molar-refractivity contribution in [2.24, 2.45) is 0 Å². The van der Waals surface area contributed by atoms with E-state index in [0.29, 0.717) is 0 Å². The first-order valence-corrected chi connectivity index (χ1v) is 8.64. The minimum Gasteiger partial charge on any atom is -0.0616 e. The first kappa shape index (κ1) is 15.4. The van der Waals surface area contributed by atoms with Crippen LogP contribution in [0.4, 0.5) is 0 Å². The van der Waals surface area contributed by atoms with Gasteiger partial charge in [0.1, 0.15) is 0 Å². The lowest BCUT2D eigenvalue weighted by atomic mass is 9.98. The van der Waals surface area contributed by atoms with Crippen LogP contribution in [0.5, 0.6) is 0 Å². The van der Waals surface area contributed by atoms with Gasteiger partial charge in [-0.1, -0.05) is 97.1 Å². The molecule has 0 heterocycles. The largest absolute Gasteiger partial charge is 0.0616 e. The molecule has 0 unspecified atom stereocenters. The standard InChI is InChI=1S/C15H12.C10H8/c1-11-14-8-4-2-6-12(14)10-13-7-3-5-9-15(11)13;1-2-6-10-8-4-3-7-9(10)5-1/h2-10H,1H3;1-8H. The third-order valence-electron chi connectivity index (χ3n) is 4.70. The lowest BCUT2D eigenvalue weighted by molar-refractivity contribution is 1.58. The third-order valence-corrected chi connectivity index (χ3v) is 4.70. The lowest BCUT2D eigenvalue weighted by Crippen LogP contribution is -1.81. The van der Waals surface area contributed by atoms with Crippen LogP contribution in [0.25, 0.3) is 32.3 Å². The number of hydrogen-bond donors (Lipinski definition) is 0. The average Bonchev–Trinajstić information content (AvgIpc) is 2.69. The zero-order valence-corrected chi connectivity index (χ0v) is 14.3. The zero-order valence-electron chi connectivity index (χ0n) is 14.3. The van der Waals surface area contributed by atoms with Gasteiger partial charge in [-0.05, 0) is 50.9 Å². The highest BCUT2D eigenvalue weighted by Crippen LogP contribution is 2.27. The Hall–Kier alpha value is -3.12. The Balaban J connectivity index is 0.000000136. The summed E-state index contributed by atoms with van der Waals surface area (Å²) in [6, 6.07) is 36.1. The second-order valence-corrected chi connectivity index (χ2v) is 6.29. The molecule has 0 aliphatic carbocycles. The van der Waals surface area contributed by atoms with Crippen molar-refractivity contribution in [1.29, 1.82) is 0 Å². The van der Waals surface area contributed by atoms with Gasteiger partial charge >= 0.3 is 0 Å². The topological polar surface area (TPSA) is 0 Å². The molecule has 120 valence electrons. The molecule has 0 nitrogen and oxygen atoms in total. The summed E-state index contributed by atoms with van der Waals surface area (Å²) in [5.41, 5.74) is 1.38. The lowest BCUT2D eigenvalue weighted by Gasteiger charge is -2.06. The molecule has 0 bridgehead atoms. The van der Waals surface area contributed by atoms with Crippen molar-refractivity contribution in [2.75, 3.05) is 0 Å². The molecule has 0 atom stereocenters. The second-order valence-electron chi connectivity index (χ2n) is 6.29. The van der Waals surface area contributed by atoms with Gasteiger partial charge in [0.15, 0.2) is 0 Å². The van der Waals surface area contributed by atoms with E-state index in [-0.39, 0.29) is 0 Å². The van der Waals surface area contributed by atoms with Crippen LogP contribution in [0, 0.1) is 6.92 Å². The van der Waals surface area contributed by atoms with Crippen LogP contribution in [0.1, 0.15) is 5.56 Å². The summed E-state index contributed by atoms with van der Waals surface area (Å²) in [7, 11) is 0. The molecule has 0 radical (unpaired) electrons. The van der Waals surface area contributed by atoms with Gasteiger partial charge in [-0.3, -0.25) is 0 Å². The fourth-order valence-electron chi connectivity index (χ4n) is 3.37. The molecule has 0 aromatic heterocycles. The van der Waals surface area contributed by atoms with E-state index >= 15 is 0 Å². The van der Waals surface area contributed by atoms with E-state index in [9.17, 15) is 0 Å². The smallest absolute Gasteiger partial charge is 0.0148 e. The van der Waals surface area contributed by atoms with Crippen molar-refractivity contribution in [1.82, 2.24) is 0 Å². The molecule has 0 spiro atoms. The highest BCUT2D eigenvalue weighted by Gasteiger charge is 2.01. The van der Waals surface area contributed by atoms with Crippen LogP contribution in [0.15, 0.2) is 103 Å². The molecule has 0 saturated heterocycles. The number of fused-ring (bicyclic) bond motifs is 3. The Labute approximate surface area is 148 Å². The van der Waals surface area contributed by atoms with Gasteiger partial charge in [0, 0.05) is 0 Å². The summed E-state index contributed by atoms with van der Waals surface area (Å²) >= 11 is 0. The van der Waals surface area contributed by atoms with E-state index in [1.54, 1.807) is 0 Å². The van der Waals surface area contributed by atoms with Crippen molar-refractivity contribution in [3.8, 4) is 0 Å². The molecular formula is C25H20. The molecule has 25 heavy (non-hydrogen) atoms. The van der Waals surface area contributed by atoms with Gasteiger partial charge in [0.25, 0.3) is 0 Å². The van der Waals surface area contributed by atoms with Crippen molar-refractivity contribution < 1.29 is 0 Å². The normalized spacial score (nSPS) is 10.6. The molecular weight excluding hydrogens is 300 g/mol. The summed E-state index contributed by atoms with van der Waals surface area (Å²) in [6.45, 7) is 2.20. The third kappa shape index (κ3) is 3.12. The fourth-order valence-corrected chi connectivity index (χ4v) is 3.37. The van der Waals surface area contributed by atoms with Crippen molar-refractivity contribution in [2.45, 2.75) is 6.92 Å². The Kier molecular flexibility index (Phi) is 4.18. The molecule has 0 N–H and O–H groups in total. The predicted octanol–water partition coefficient (Wildman–Crippen LogP) is 7.14. The summed E-state index contributed by atoms with van der Waals surface area (Å²) < 4.78 is 0. The maximum absolute atomic E-state index is 2.26. The van der Waals surface area contributed by atoms with E-state index in [4.69, 9.17) is 0 Å². The molecule has 0 heteroatoms. The second kappa shape index (κ2) is 6.78. The van der Waals surface area contributed by atoms with E-state index in [1.807, 2.05) is 0 Å². The Morgan fingerprint density at radius 1 is 0.400 bits per heavy atom. The van der Waals surface area contributed by atoms with Gasteiger partial charge in [0.05, 0.1) is 0 Å². The fraction of sp³-hybridized carbons (Fsp3) is 0.0400. The van der Waals surface area contributed by atoms with Gasteiger partial charge in [0.2, 0.25) is 0 Å². The summed E-state index contributed by atoms with van der Waals surface area (Å²) in [6.07, 6.45) is 0. The first-order chi connectivity index (χ1) is 12.3. The highest BCUT2D eigenvalue weighted by molar-refractivity contribution is 6.01. The van der Waals surface area contributed by atoms with Crippen LogP contribution in [-0.4, -0.2) is 0 Å². The molecule has 0 aliphatic heterocycles. The Bertz CT molecular complexity index is 1030. The summed E-state index contributed by atoms with van der Waals surface area (Å²) in [5.74, 6) is 0. The number of aryl methyl sites for hydroxylation is 1. The van der Waals surface area contributed by atoms with Crippen molar-refractivity contribution in [3.05, 3.63) is 109 Å². The summed E-state index contributed by atoms with van der Waals surface area (Å²) in [5, 5.41) is 7.99. The molecule has 5 rings (SSSR count). The zero-order chi connectivity index (χ0) is 17.1. The molecule has 0 amide bonds. The van der Waals surface area contributed by atoms with Gasteiger partial charge in [-0.2, -0.15) is 0 Å². The molecule has 5 aromatic carbocycles. The maximum Gasteiger partial charge on any atom is -0.0148 e. The van der Waals surface area contributed by atoms with Crippen molar-refractivity contribution in [3.63, 3.8) is 0 Å². The Morgan fingerprint density at radius 3 is 1.12 bits per heavy atom. The maximum atomic E-state index is 2.26. The minimum absolute atomic E-state index is 1.31. The molecule has 0 aliphatic rings. The van der Waals surface area contributed by atoms with E-state index < -0.39 is 0 Å². The van der Waals surface area contributed by atoms with Gasteiger partial charge < -0.3 is 0 Å². The van der Waals surface area contributed by atoms with Crippen molar-refractivity contribution >= 4 is 32.3 Å². The average molecular weight is 320 g/mol. The van der Waals surface area contributed by atoms with Crippen LogP contribution < -0.4 is 0 Å². The van der Waals surface area contributed by atoms with Gasteiger partial charge in [-0.25, -0.2) is 0 Å². The van der Waals surface area contributed by atoms with E-state index in [2.05, 4.69) is 110 Å². The number of benzene rings is 5. The van der Waals surface area contributed by atoms with Crippen LogP contribution in [0.2, 0.25) is 0 Å². The molecule has 5 aromatic rings. The van der Waals surface area contributed by atoms with E-state index in [0.717, 1.165) is 0 Å². The Morgan fingerprint density at radius 2 is 0.720 bits per heavy atom. The summed E-state index contributed by atoms with van der Waals surface area (Å²) in [4.78, 5) is 0. The number of hydrogen-bond acceptors (Lipinski definition) is 0. The minimum atomic E-state index is 1.31. The SMILES string of the molecule is Cc1c2ccccc2cc2ccccc12.c1ccc2ccccc2c1. The van der Waals surface area contributed by atoms with E-state index in [1.165, 1.54) is 37.9 Å². The highest BCUT2D eigenvalue weighted by atomic mass is 14.1. The first-order valence-electron chi connectivity index (χ1n) is 8.64. The molecule has 0 saturated carbocycles. The van der Waals surface area contributed by atoms with Gasteiger partial charge in [-0.15, -0.1) is 0 Å². The quantitative estimate of drug-likeness (QED) is 0.266. The van der Waals surface area contributed by atoms with Crippen LogP contribution in [0.3, 0.4) is 0 Å². The predicted molar refractivity (Wildman–Crippen MR) is 110 cm³/mol. The molecule has 0 fully saturated rings. The monoisotopic (exact) mass is 320 g/mol.